The van der Waals surface area contributed by atoms with Gasteiger partial charge in [0.2, 0.25) is 5.91 Å². The predicted molar refractivity (Wildman–Crippen MR) is 66.7 cm³/mol. The van der Waals surface area contributed by atoms with E-state index in [1.165, 1.54) is 30.2 Å². The summed E-state index contributed by atoms with van der Waals surface area (Å²) < 4.78 is 18.4. The number of hydrogen-bond donors (Lipinski definition) is 0. The summed E-state index contributed by atoms with van der Waals surface area (Å²) in [5.74, 6) is -0.0535. The molecular formula is C14H15FN2O2. The fourth-order valence-corrected chi connectivity index (χ4v) is 2.06. The second-order valence-corrected chi connectivity index (χ2v) is 4.81. The quantitative estimate of drug-likeness (QED) is 0.835. The Morgan fingerprint density at radius 3 is 2.79 bits per heavy atom. The number of nitrogens with zero attached hydrogens (tertiary/aromatic N) is 2. The van der Waals surface area contributed by atoms with Gasteiger partial charge in [-0.1, -0.05) is 0 Å². The molecule has 1 aromatic carbocycles. The van der Waals surface area contributed by atoms with Crippen LogP contribution in [-0.2, 0) is 11.3 Å². The molecule has 1 saturated carbocycles. The molecule has 0 aliphatic heterocycles. The lowest BCUT2D eigenvalue weighted by Crippen LogP contribution is -2.33. The van der Waals surface area contributed by atoms with E-state index in [9.17, 15) is 9.18 Å². The van der Waals surface area contributed by atoms with Gasteiger partial charge < -0.3 is 9.64 Å². The summed E-state index contributed by atoms with van der Waals surface area (Å²) in [7, 11) is 3.11. The Morgan fingerprint density at radius 1 is 1.58 bits per heavy atom. The molecule has 100 valence electrons. The van der Waals surface area contributed by atoms with E-state index in [2.05, 4.69) is 6.07 Å². The molecule has 0 heterocycles. The van der Waals surface area contributed by atoms with Crippen molar-refractivity contribution >= 4 is 5.91 Å². The maximum Gasteiger partial charge on any atom is 0.243 e. The van der Waals surface area contributed by atoms with Gasteiger partial charge in [-0.05, 0) is 31.0 Å². The molecular weight excluding hydrogens is 247 g/mol. The molecule has 0 N–H and O–H groups in total. The average Bonchev–Trinajstić information content (AvgIpc) is 3.19. The van der Waals surface area contributed by atoms with Crippen molar-refractivity contribution in [2.45, 2.75) is 19.4 Å². The third-order valence-corrected chi connectivity index (χ3v) is 3.37. The van der Waals surface area contributed by atoms with E-state index in [-0.39, 0.29) is 18.3 Å². The molecule has 2 rings (SSSR count). The van der Waals surface area contributed by atoms with Crippen LogP contribution in [0.1, 0.15) is 18.4 Å². The SMILES string of the molecule is COc1ccc(F)cc1CN(C)C(=O)C1(C#N)CC1. The predicted octanol–water partition coefficient (Wildman–Crippen LogP) is 2.10. The normalized spacial score (nSPS) is 15.5. The molecule has 0 radical (unpaired) electrons. The van der Waals surface area contributed by atoms with E-state index in [0.29, 0.717) is 24.2 Å². The largest absolute Gasteiger partial charge is 0.496 e. The molecule has 1 aliphatic carbocycles. The maximum atomic E-state index is 13.2. The van der Waals surface area contributed by atoms with Crippen molar-refractivity contribution in [3.8, 4) is 11.8 Å². The highest BCUT2D eigenvalue weighted by Crippen LogP contribution is 2.46. The lowest BCUT2D eigenvalue weighted by molar-refractivity contribution is -0.134. The van der Waals surface area contributed by atoms with Gasteiger partial charge >= 0.3 is 0 Å². The van der Waals surface area contributed by atoms with Crippen molar-refractivity contribution in [2.75, 3.05) is 14.2 Å². The smallest absolute Gasteiger partial charge is 0.243 e. The Hall–Kier alpha value is -2.09. The van der Waals surface area contributed by atoms with E-state index in [1.807, 2.05) is 0 Å². The fourth-order valence-electron chi connectivity index (χ4n) is 2.06. The topological polar surface area (TPSA) is 53.3 Å². The number of rotatable bonds is 4. The molecule has 4 nitrogen and oxygen atoms in total. The van der Waals surface area contributed by atoms with E-state index in [1.54, 1.807) is 7.05 Å². The number of benzene rings is 1. The van der Waals surface area contributed by atoms with Crippen LogP contribution in [0.2, 0.25) is 0 Å². The number of nitriles is 1. The first kappa shape index (κ1) is 13.3. The zero-order valence-corrected chi connectivity index (χ0v) is 10.9. The van der Waals surface area contributed by atoms with Crippen LogP contribution in [-0.4, -0.2) is 25.0 Å². The zero-order valence-electron chi connectivity index (χ0n) is 10.9. The molecule has 0 unspecified atom stereocenters. The van der Waals surface area contributed by atoms with Crippen molar-refractivity contribution in [1.82, 2.24) is 4.90 Å². The van der Waals surface area contributed by atoms with Crippen LogP contribution in [0, 0.1) is 22.6 Å². The first-order valence-electron chi connectivity index (χ1n) is 6.01. The van der Waals surface area contributed by atoms with Gasteiger partial charge in [0.1, 0.15) is 17.0 Å². The third kappa shape index (κ3) is 2.53. The van der Waals surface area contributed by atoms with Crippen LogP contribution in [0.25, 0.3) is 0 Å². The highest BCUT2D eigenvalue weighted by Gasteiger charge is 2.51. The minimum atomic E-state index is -0.852. The Kier molecular flexibility index (Phi) is 3.43. The molecule has 1 aliphatic rings. The fraction of sp³-hybridized carbons (Fsp3) is 0.429. The van der Waals surface area contributed by atoms with E-state index in [4.69, 9.17) is 10.00 Å². The molecule has 0 bridgehead atoms. The summed E-state index contributed by atoms with van der Waals surface area (Å²) in [5.41, 5.74) is -0.262. The summed E-state index contributed by atoms with van der Waals surface area (Å²) in [5, 5.41) is 9.00. The number of hydrogen-bond acceptors (Lipinski definition) is 3. The Bertz CT molecular complexity index is 547. The minimum absolute atomic E-state index is 0.207. The highest BCUT2D eigenvalue weighted by atomic mass is 19.1. The van der Waals surface area contributed by atoms with Crippen molar-refractivity contribution < 1.29 is 13.9 Å². The molecule has 0 spiro atoms. The standard InChI is InChI=1S/C14H15FN2O2/c1-17(13(18)14(9-16)5-6-14)8-10-7-11(15)3-4-12(10)19-2/h3-4,7H,5-6,8H2,1-2H3. The molecule has 5 heteroatoms. The average molecular weight is 262 g/mol. The number of halogens is 1. The van der Waals surface area contributed by atoms with Crippen molar-refractivity contribution in [3.63, 3.8) is 0 Å². The van der Waals surface area contributed by atoms with Crippen LogP contribution >= 0.6 is 0 Å². The Balaban J connectivity index is 2.15. The van der Waals surface area contributed by atoms with Crippen molar-refractivity contribution in [2.24, 2.45) is 5.41 Å². The van der Waals surface area contributed by atoms with E-state index < -0.39 is 5.41 Å². The Morgan fingerprint density at radius 2 is 2.26 bits per heavy atom. The van der Waals surface area contributed by atoms with Gasteiger partial charge in [-0.25, -0.2) is 4.39 Å². The number of amides is 1. The summed E-state index contributed by atoms with van der Waals surface area (Å²) >= 11 is 0. The minimum Gasteiger partial charge on any atom is -0.496 e. The summed E-state index contributed by atoms with van der Waals surface area (Å²) in [6, 6.07) is 6.24. The van der Waals surface area contributed by atoms with Crippen LogP contribution < -0.4 is 4.74 Å². The summed E-state index contributed by atoms with van der Waals surface area (Å²) in [4.78, 5) is 13.6. The molecule has 1 aromatic rings. The van der Waals surface area contributed by atoms with E-state index >= 15 is 0 Å². The lowest BCUT2D eigenvalue weighted by atomic mass is 10.1. The van der Waals surface area contributed by atoms with Gasteiger partial charge in [0.25, 0.3) is 0 Å². The van der Waals surface area contributed by atoms with E-state index in [0.717, 1.165) is 0 Å². The van der Waals surface area contributed by atoms with Crippen molar-refractivity contribution in [1.29, 1.82) is 5.26 Å². The number of carbonyl (C=O) groups is 1. The molecule has 0 saturated heterocycles. The van der Waals surface area contributed by atoms with Gasteiger partial charge in [0.15, 0.2) is 0 Å². The third-order valence-electron chi connectivity index (χ3n) is 3.37. The number of ether oxygens (including phenoxy) is 1. The Labute approximate surface area is 111 Å². The van der Waals surface area contributed by atoms with Gasteiger partial charge in [-0.3, -0.25) is 4.79 Å². The molecule has 0 atom stereocenters. The maximum absolute atomic E-state index is 13.2. The van der Waals surface area contributed by atoms with Crippen molar-refractivity contribution in [3.05, 3.63) is 29.6 Å². The van der Waals surface area contributed by atoms with Crippen LogP contribution in [0.3, 0.4) is 0 Å². The van der Waals surface area contributed by atoms with Gasteiger partial charge in [0, 0.05) is 19.2 Å². The second-order valence-electron chi connectivity index (χ2n) is 4.81. The lowest BCUT2D eigenvalue weighted by Gasteiger charge is -2.21. The second kappa shape index (κ2) is 4.88. The summed E-state index contributed by atoms with van der Waals surface area (Å²) in [6.07, 6.45) is 1.21. The first-order chi connectivity index (χ1) is 9.02. The molecule has 1 amide bonds. The first-order valence-corrected chi connectivity index (χ1v) is 6.01. The van der Waals surface area contributed by atoms with Gasteiger partial charge in [0.05, 0.1) is 13.2 Å². The summed E-state index contributed by atoms with van der Waals surface area (Å²) in [6.45, 7) is 0.225. The number of carbonyl (C=O) groups excluding carboxylic acids is 1. The number of methoxy groups -OCH3 is 1. The van der Waals surface area contributed by atoms with Crippen LogP contribution in [0.5, 0.6) is 5.75 Å². The van der Waals surface area contributed by atoms with Crippen LogP contribution in [0.15, 0.2) is 18.2 Å². The van der Waals surface area contributed by atoms with Crippen LogP contribution in [0.4, 0.5) is 4.39 Å². The van der Waals surface area contributed by atoms with Gasteiger partial charge in [-0.2, -0.15) is 5.26 Å². The monoisotopic (exact) mass is 262 g/mol. The molecule has 19 heavy (non-hydrogen) atoms. The zero-order chi connectivity index (χ0) is 14.0. The highest BCUT2D eigenvalue weighted by molar-refractivity contribution is 5.88. The molecule has 1 fully saturated rings. The molecule has 0 aromatic heterocycles. The van der Waals surface area contributed by atoms with Gasteiger partial charge in [-0.15, -0.1) is 0 Å².